The SMILES string of the molecule is CO[Si](CC(C)(C)O)(OC)OC. The van der Waals surface area contributed by atoms with Crippen LogP contribution >= 0.6 is 0 Å². The normalized spacial score (nSPS) is 13.5. The van der Waals surface area contributed by atoms with E-state index in [0.717, 1.165) is 0 Å². The van der Waals surface area contributed by atoms with Crippen molar-refractivity contribution < 1.29 is 18.4 Å². The summed E-state index contributed by atoms with van der Waals surface area (Å²) in [6, 6.07) is 0.392. The molecule has 4 nitrogen and oxygen atoms in total. The van der Waals surface area contributed by atoms with Crippen LogP contribution in [0.4, 0.5) is 0 Å². The van der Waals surface area contributed by atoms with Gasteiger partial charge in [0.05, 0.1) is 5.60 Å². The Morgan fingerprint density at radius 2 is 1.42 bits per heavy atom. The Morgan fingerprint density at radius 1 is 1.08 bits per heavy atom. The monoisotopic (exact) mass is 194 g/mol. The molecule has 0 saturated heterocycles. The molecule has 0 heterocycles. The third-order valence-corrected chi connectivity index (χ3v) is 4.75. The van der Waals surface area contributed by atoms with Gasteiger partial charge in [0, 0.05) is 27.4 Å². The Hall–Kier alpha value is 0.0569. The highest BCUT2D eigenvalue weighted by Crippen LogP contribution is 2.21. The predicted molar refractivity (Wildman–Crippen MR) is 47.9 cm³/mol. The molecule has 74 valence electrons. The lowest BCUT2D eigenvalue weighted by Gasteiger charge is -2.29. The van der Waals surface area contributed by atoms with Crippen LogP contribution in [-0.2, 0) is 13.3 Å². The molecular weight excluding hydrogens is 176 g/mol. The first-order valence-corrected chi connectivity index (χ1v) is 5.70. The fraction of sp³-hybridized carbons (Fsp3) is 1.00. The molecule has 0 aromatic rings. The number of hydrogen-bond acceptors (Lipinski definition) is 4. The minimum atomic E-state index is -2.60. The van der Waals surface area contributed by atoms with Gasteiger partial charge in [-0.05, 0) is 13.8 Å². The lowest BCUT2D eigenvalue weighted by Crippen LogP contribution is -2.48. The van der Waals surface area contributed by atoms with Crippen molar-refractivity contribution in [2.75, 3.05) is 21.3 Å². The van der Waals surface area contributed by atoms with Crippen LogP contribution in [0.3, 0.4) is 0 Å². The highest BCUT2D eigenvalue weighted by molar-refractivity contribution is 6.60. The first-order chi connectivity index (χ1) is 5.39. The molecule has 0 aromatic carbocycles. The van der Waals surface area contributed by atoms with Crippen LogP contribution in [0.2, 0.25) is 6.04 Å². The molecule has 0 bridgehead atoms. The number of hydrogen-bond donors (Lipinski definition) is 1. The Morgan fingerprint density at radius 3 is 1.50 bits per heavy atom. The maximum Gasteiger partial charge on any atom is 0.503 e. The second kappa shape index (κ2) is 4.34. The van der Waals surface area contributed by atoms with E-state index in [0.29, 0.717) is 6.04 Å². The van der Waals surface area contributed by atoms with E-state index < -0.39 is 14.4 Å². The molecule has 0 fully saturated rings. The standard InChI is InChI=1S/C7H18O4Si/c1-7(2,8)6-12(9-3,10-4)11-5/h8H,6H2,1-5H3. The van der Waals surface area contributed by atoms with Crippen molar-refractivity contribution in [1.29, 1.82) is 0 Å². The Kier molecular flexibility index (Phi) is 4.36. The zero-order valence-corrected chi connectivity index (χ0v) is 9.38. The van der Waals surface area contributed by atoms with E-state index in [-0.39, 0.29) is 0 Å². The van der Waals surface area contributed by atoms with E-state index >= 15 is 0 Å². The highest BCUT2D eigenvalue weighted by Gasteiger charge is 2.42. The predicted octanol–water partition coefficient (Wildman–Crippen LogP) is 0.635. The molecule has 0 radical (unpaired) electrons. The summed E-state index contributed by atoms with van der Waals surface area (Å²) < 4.78 is 15.4. The van der Waals surface area contributed by atoms with Gasteiger partial charge in [-0.2, -0.15) is 0 Å². The molecule has 0 amide bonds. The number of aliphatic hydroxyl groups is 1. The minimum Gasteiger partial charge on any atom is -0.390 e. The Balaban J connectivity index is 4.30. The van der Waals surface area contributed by atoms with E-state index in [9.17, 15) is 5.11 Å². The Labute approximate surface area is 74.8 Å². The minimum absolute atomic E-state index is 0.392. The second-order valence-electron chi connectivity index (χ2n) is 3.28. The van der Waals surface area contributed by atoms with E-state index in [4.69, 9.17) is 13.3 Å². The van der Waals surface area contributed by atoms with Crippen LogP contribution in [0.25, 0.3) is 0 Å². The van der Waals surface area contributed by atoms with E-state index in [1.165, 1.54) is 21.3 Å². The summed E-state index contributed by atoms with van der Waals surface area (Å²) in [7, 11) is 2.00. The fourth-order valence-corrected chi connectivity index (χ4v) is 2.99. The average molecular weight is 194 g/mol. The summed E-state index contributed by atoms with van der Waals surface area (Å²) >= 11 is 0. The third kappa shape index (κ3) is 3.64. The molecule has 0 spiro atoms. The second-order valence-corrected chi connectivity index (χ2v) is 6.23. The molecule has 0 rings (SSSR count). The van der Waals surface area contributed by atoms with E-state index in [2.05, 4.69) is 0 Å². The van der Waals surface area contributed by atoms with Crippen LogP contribution in [0.1, 0.15) is 13.8 Å². The summed E-state index contributed by atoms with van der Waals surface area (Å²) in [6.07, 6.45) is 0. The van der Waals surface area contributed by atoms with Gasteiger partial charge in [0.2, 0.25) is 0 Å². The van der Waals surface area contributed by atoms with Gasteiger partial charge in [0.25, 0.3) is 0 Å². The van der Waals surface area contributed by atoms with Crippen molar-refractivity contribution in [3.63, 3.8) is 0 Å². The van der Waals surface area contributed by atoms with Gasteiger partial charge in [-0.25, -0.2) is 0 Å². The summed E-state index contributed by atoms with van der Waals surface area (Å²) in [5.41, 5.74) is -0.825. The molecule has 0 aliphatic heterocycles. The van der Waals surface area contributed by atoms with Gasteiger partial charge in [-0.3, -0.25) is 0 Å². The fourth-order valence-electron chi connectivity index (χ4n) is 0.996. The summed E-state index contributed by atoms with van der Waals surface area (Å²) in [5.74, 6) is 0. The van der Waals surface area contributed by atoms with Crippen molar-refractivity contribution in [2.24, 2.45) is 0 Å². The average Bonchev–Trinajstić information content (AvgIpc) is 1.99. The van der Waals surface area contributed by atoms with Crippen LogP contribution in [0.15, 0.2) is 0 Å². The van der Waals surface area contributed by atoms with Gasteiger partial charge >= 0.3 is 8.80 Å². The summed E-state index contributed by atoms with van der Waals surface area (Å²) in [6.45, 7) is 3.40. The van der Waals surface area contributed by atoms with Crippen LogP contribution in [0, 0.1) is 0 Å². The molecule has 0 saturated carbocycles. The van der Waals surface area contributed by atoms with Gasteiger partial charge in [-0.1, -0.05) is 0 Å². The molecule has 0 atom stereocenters. The van der Waals surface area contributed by atoms with Crippen LogP contribution in [-0.4, -0.2) is 40.8 Å². The van der Waals surface area contributed by atoms with Crippen LogP contribution < -0.4 is 0 Å². The lowest BCUT2D eigenvalue weighted by atomic mass is 10.2. The van der Waals surface area contributed by atoms with E-state index in [1.807, 2.05) is 0 Å². The molecule has 1 N–H and O–H groups in total. The first kappa shape index (κ1) is 12.1. The lowest BCUT2D eigenvalue weighted by molar-refractivity contribution is 0.0556. The van der Waals surface area contributed by atoms with E-state index in [1.54, 1.807) is 13.8 Å². The van der Waals surface area contributed by atoms with Gasteiger partial charge < -0.3 is 18.4 Å². The van der Waals surface area contributed by atoms with Gasteiger partial charge in [0.15, 0.2) is 0 Å². The Bertz CT molecular complexity index is 120. The maximum absolute atomic E-state index is 9.54. The smallest absolute Gasteiger partial charge is 0.390 e. The maximum atomic E-state index is 9.54. The van der Waals surface area contributed by atoms with Gasteiger partial charge in [0.1, 0.15) is 0 Å². The third-order valence-electron chi connectivity index (χ3n) is 1.58. The van der Waals surface area contributed by atoms with Crippen molar-refractivity contribution >= 4 is 8.80 Å². The summed E-state index contributed by atoms with van der Waals surface area (Å²) in [5, 5.41) is 9.54. The molecule has 12 heavy (non-hydrogen) atoms. The topological polar surface area (TPSA) is 47.9 Å². The highest BCUT2D eigenvalue weighted by atomic mass is 28.4. The van der Waals surface area contributed by atoms with Crippen molar-refractivity contribution in [3.05, 3.63) is 0 Å². The largest absolute Gasteiger partial charge is 0.503 e. The zero-order valence-electron chi connectivity index (χ0n) is 8.38. The van der Waals surface area contributed by atoms with Crippen molar-refractivity contribution in [3.8, 4) is 0 Å². The zero-order chi connectivity index (χ0) is 9.83. The molecule has 0 aliphatic carbocycles. The summed E-state index contributed by atoms with van der Waals surface area (Å²) in [4.78, 5) is 0. The first-order valence-electron chi connectivity index (χ1n) is 3.77. The molecule has 0 unspecified atom stereocenters. The van der Waals surface area contributed by atoms with Crippen molar-refractivity contribution in [1.82, 2.24) is 0 Å². The molecular formula is C7H18O4Si. The van der Waals surface area contributed by atoms with Gasteiger partial charge in [-0.15, -0.1) is 0 Å². The molecule has 5 heteroatoms. The molecule has 0 aromatic heterocycles. The number of rotatable bonds is 5. The molecule has 0 aliphatic rings. The quantitative estimate of drug-likeness (QED) is 0.652. The van der Waals surface area contributed by atoms with Crippen molar-refractivity contribution in [2.45, 2.75) is 25.5 Å². The van der Waals surface area contributed by atoms with Crippen LogP contribution in [0.5, 0.6) is 0 Å².